The van der Waals surface area contributed by atoms with Crippen LogP contribution in [0.4, 0.5) is 0 Å². The molecule has 0 saturated carbocycles. The van der Waals surface area contributed by atoms with Gasteiger partial charge in [-0.05, 0) is 6.92 Å². The first-order valence-electron chi connectivity index (χ1n) is 5.12. The van der Waals surface area contributed by atoms with Crippen molar-refractivity contribution in [2.75, 3.05) is 13.1 Å². The van der Waals surface area contributed by atoms with Gasteiger partial charge >= 0.3 is 0 Å². The van der Waals surface area contributed by atoms with Gasteiger partial charge in [0, 0.05) is 6.54 Å². The zero-order valence-electron chi connectivity index (χ0n) is 9.01. The normalized spacial score (nSPS) is 16.4. The van der Waals surface area contributed by atoms with Crippen molar-refractivity contribution < 1.29 is 9.59 Å². The van der Waals surface area contributed by atoms with Crippen molar-refractivity contribution in [2.24, 2.45) is 0 Å². The second-order valence-corrected chi connectivity index (χ2v) is 3.52. The Morgan fingerprint density at radius 3 is 3.06 bits per heavy atom. The van der Waals surface area contributed by atoms with E-state index in [1.165, 1.54) is 11.2 Å². The predicted molar refractivity (Wildman–Crippen MR) is 54.1 cm³/mol. The van der Waals surface area contributed by atoms with Gasteiger partial charge in [-0.1, -0.05) is 0 Å². The molecule has 1 aliphatic heterocycles. The molecule has 0 radical (unpaired) electrons. The van der Waals surface area contributed by atoms with Crippen LogP contribution in [0.15, 0.2) is 6.33 Å². The molecule has 0 aromatic carbocycles. The number of carbonyl (C=O) groups excluding carboxylic acids is 2. The third kappa shape index (κ3) is 2.02. The van der Waals surface area contributed by atoms with Crippen LogP contribution >= 0.6 is 0 Å². The summed E-state index contributed by atoms with van der Waals surface area (Å²) in [6.07, 6.45) is 1.45. The van der Waals surface area contributed by atoms with Crippen LogP contribution in [0.5, 0.6) is 0 Å². The summed E-state index contributed by atoms with van der Waals surface area (Å²) in [6.45, 7) is 3.14. The Bertz CT molecular complexity index is 414. The van der Waals surface area contributed by atoms with Gasteiger partial charge in [0.25, 0.3) is 0 Å². The van der Waals surface area contributed by atoms with Crippen LogP contribution in [0.3, 0.4) is 0 Å². The Balaban J connectivity index is 2.08. The van der Waals surface area contributed by atoms with Crippen molar-refractivity contribution in [3.63, 3.8) is 0 Å². The SMILES string of the molecule is CCn1ncnc1CN1CC(=O)NCC1=O. The van der Waals surface area contributed by atoms with Gasteiger partial charge in [0.2, 0.25) is 11.8 Å². The van der Waals surface area contributed by atoms with E-state index in [2.05, 4.69) is 15.4 Å². The molecular formula is C9H13N5O2. The number of hydrogen-bond donors (Lipinski definition) is 1. The molecule has 0 bridgehead atoms. The van der Waals surface area contributed by atoms with Crippen LogP contribution in [0, 0.1) is 0 Å². The van der Waals surface area contributed by atoms with Crippen molar-refractivity contribution in [3.05, 3.63) is 12.2 Å². The molecule has 0 spiro atoms. The third-order valence-corrected chi connectivity index (χ3v) is 2.45. The second-order valence-electron chi connectivity index (χ2n) is 3.52. The minimum Gasteiger partial charge on any atom is -0.345 e. The summed E-state index contributed by atoms with van der Waals surface area (Å²) >= 11 is 0. The van der Waals surface area contributed by atoms with Crippen LogP contribution < -0.4 is 5.32 Å². The van der Waals surface area contributed by atoms with Crippen molar-refractivity contribution in [1.29, 1.82) is 0 Å². The van der Waals surface area contributed by atoms with Gasteiger partial charge in [-0.3, -0.25) is 9.59 Å². The number of piperazine rings is 1. The number of rotatable bonds is 3. The molecule has 2 heterocycles. The van der Waals surface area contributed by atoms with E-state index in [-0.39, 0.29) is 24.9 Å². The van der Waals surface area contributed by atoms with Gasteiger partial charge in [-0.25, -0.2) is 9.67 Å². The minimum absolute atomic E-state index is 0.0685. The number of hydrogen-bond acceptors (Lipinski definition) is 4. The maximum atomic E-state index is 11.5. The van der Waals surface area contributed by atoms with E-state index < -0.39 is 0 Å². The van der Waals surface area contributed by atoms with Crippen LogP contribution in [0.1, 0.15) is 12.7 Å². The summed E-state index contributed by atoms with van der Waals surface area (Å²) in [5, 5.41) is 6.51. The standard InChI is InChI=1S/C9H13N5O2/c1-2-14-7(11-6-12-14)4-13-5-8(15)10-3-9(13)16/h6H,2-5H2,1H3,(H,10,15). The predicted octanol–water partition coefficient (Wildman–Crippen LogP) is -1.24. The molecular weight excluding hydrogens is 210 g/mol. The molecule has 1 fully saturated rings. The highest BCUT2D eigenvalue weighted by molar-refractivity contribution is 5.92. The van der Waals surface area contributed by atoms with Gasteiger partial charge in [0.15, 0.2) is 0 Å². The first-order chi connectivity index (χ1) is 7.70. The summed E-state index contributed by atoms with van der Waals surface area (Å²) in [6, 6.07) is 0. The highest BCUT2D eigenvalue weighted by atomic mass is 16.2. The third-order valence-electron chi connectivity index (χ3n) is 2.45. The van der Waals surface area contributed by atoms with E-state index in [4.69, 9.17) is 0 Å². The Hall–Kier alpha value is -1.92. The van der Waals surface area contributed by atoms with Crippen LogP contribution in [0.2, 0.25) is 0 Å². The average Bonchev–Trinajstić information content (AvgIpc) is 2.71. The van der Waals surface area contributed by atoms with Gasteiger partial charge in [-0.2, -0.15) is 5.10 Å². The van der Waals surface area contributed by atoms with E-state index in [1.807, 2.05) is 6.92 Å². The van der Waals surface area contributed by atoms with Gasteiger partial charge in [0.1, 0.15) is 18.7 Å². The van der Waals surface area contributed by atoms with E-state index in [0.717, 1.165) is 0 Å². The van der Waals surface area contributed by atoms with E-state index >= 15 is 0 Å². The van der Waals surface area contributed by atoms with Crippen molar-refractivity contribution in [1.82, 2.24) is 25.0 Å². The zero-order chi connectivity index (χ0) is 11.5. The Morgan fingerprint density at radius 1 is 1.50 bits per heavy atom. The number of nitrogens with one attached hydrogen (secondary N) is 1. The number of aromatic nitrogens is 3. The monoisotopic (exact) mass is 223 g/mol. The molecule has 1 N–H and O–H groups in total. The quantitative estimate of drug-likeness (QED) is 0.694. The van der Waals surface area contributed by atoms with Crippen molar-refractivity contribution >= 4 is 11.8 Å². The van der Waals surface area contributed by atoms with Crippen LogP contribution in [0.25, 0.3) is 0 Å². The van der Waals surface area contributed by atoms with E-state index in [0.29, 0.717) is 18.9 Å². The van der Waals surface area contributed by atoms with Crippen LogP contribution in [-0.2, 0) is 22.7 Å². The van der Waals surface area contributed by atoms with Crippen molar-refractivity contribution in [3.8, 4) is 0 Å². The lowest BCUT2D eigenvalue weighted by Gasteiger charge is -2.26. The van der Waals surface area contributed by atoms with Gasteiger partial charge < -0.3 is 10.2 Å². The topological polar surface area (TPSA) is 80.1 Å². The lowest BCUT2D eigenvalue weighted by molar-refractivity contribution is -0.141. The van der Waals surface area contributed by atoms with E-state index in [9.17, 15) is 9.59 Å². The fraction of sp³-hybridized carbons (Fsp3) is 0.556. The molecule has 1 aromatic rings. The molecule has 0 aliphatic carbocycles. The molecule has 16 heavy (non-hydrogen) atoms. The summed E-state index contributed by atoms with van der Waals surface area (Å²) in [5.41, 5.74) is 0. The summed E-state index contributed by atoms with van der Waals surface area (Å²) < 4.78 is 1.71. The molecule has 0 unspecified atom stereocenters. The van der Waals surface area contributed by atoms with Crippen molar-refractivity contribution in [2.45, 2.75) is 20.0 Å². The average molecular weight is 223 g/mol. The summed E-state index contributed by atoms with van der Waals surface area (Å²) in [5.74, 6) is 0.470. The van der Waals surface area contributed by atoms with E-state index in [1.54, 1.807) is 4.68 Å². The largest absolute Gasteiger partial charge is 0.345 e. The van der Waals surface area contributed by atoms with Gasteiger partial charge in [0.05, 0.1) is 13.1 Å². The van der Waals surface area contributed by atoms with Gasteiger partial charge in [-0.15, -0.1) is 0 Å². The first-order valence-corrected chi connectivity index (χ1v) is 5.12. The fourth-order valence-electron chi connectivity index (χ4n) is 1.59. The zero-order valence-corrected chi connectivity index (χ0v) is 9.01. The molecule has 1 saturated heterocycles. The molecule has 1 aliphatic rings. The number of aryl methyl sites for hydroxylation is 1. The molecule has 2 amide bonds. The fourth-order valence-corrected chi connectivity index (χ4v) is 1.59. The maximum Gasteiger partial charge on any atom is 0.242 e. The lowest BCUT2D eigenvalue weighted by Crippen LogP contribution is -2.51. The Morgan fingerprint density at radius 2 is 2.31 bits per heavy atom. The number of nitrogens with zero attached hydrogens (tertiary/aromatic N) is 4. The summed E-state index contributed by atoms with van der Waals surface area (Å²) in [4.78, 5) is 28.2. The highest BCUT2D eigenvalue weighted by Crippen LogP contribution is 2.03. The highest BCUT2D eigenvalue weighted by Gasteiger charge is 2.24. The molecule has 86 valence electrons. The van der Waals surface area contributed by atoms with Crippen LogP contribution in [-0.4, -0.2) is 44.6 Å². The molecule has 2 rings (SSSR count). The minimum atomic E-state index is -0.137. The lowest BCUT2D eigenvalue weighted by atomic mass is 10.3. The first kappa shape index (κ1) is 10.6. The maximum absolute atomic E-state index is 11.5. The number of carbonyl (C=O) groups is 2. The molecule has 1 aromatic heterocycles. The summed E-state index contributed by atoms with van der Waals surface area (Å²) in [7, 11) is 0. The molecule has 7 nitrogen and oxygen atoms in total. The Labute approximate surface area is 92.4 Å². The Kier molecular flexibility index (Phi) is 2.84. The second kappa shape index (κ2) is 4.30. The molecule has 7 heteroatoms. The number of amides is 2. The molecule has 0 atom stereocenters. The smallest absolute Gasteiger partial charge is 0.242 e.